The van der Waals surface area contributed by atoms with Crippen LogP contribution in [0.5, 0.6) is 0 Å². The van der Waals surface area contributed by atoms with E-state index in [1.165, 1.54) is 12.8 Å². The van der Waals surface area contributed by atoms with Crippen LogP contribution < -0.4 is 5.32 Å². The highest BCUT2D eigenvalue weighted by Gasteiger charge is 2.37. The molecule has 1 atom stereocenters. The fourth-order valence-corrected chi connectivity index (χ4v) is 3.23. The normalized spacial score (nSPS) is 28.4. The molecule has 0 bridgehead atoms. The highest BCUT2D eigenvalue weighted by molar-refractivity contribution is 5.84. The smallest absolute Gasteiger partial charge is 0.239 e. The molecule has 1 amide bonds. The average Bonchev–Trinajstić information content (AvgIpc) is 2.56. The minimum atomic E-state index is -0.632. The quantitative estimate of drug-likeness (QED) is 0.743. The van der Waals surface area contributed by atoms with Gasteiger partial charge in [-0.05, 0) is 25.8 Å². The van der Waals surface area contributed by atoms with Crippen molar-refractivity contribution in [2.45, 2.75) is 63.5 Å². The number of nitrogens with one attached hydrogen (secondary N) is 1. The molecule has 2 rings (SSSR count). The number of likely N-dealkylation sites (N-methyl/N-ethyl adjacent to an activating group) is 1. The zero-order valence-electron chi connectivity index (χ0n) is 11.5. The summed E-state index contributed by atoms with van der Waals surface area (Å²) in [7, 11) is 0. The molecule has 1 aliphatic carbocycles. The number of likely N-dealkylation sites (tertiary alicyclic amines) is 1. The van der Waals surface area contributed by atoms with Gasteiger partial charge < -0.3 is 15.3 Å². The summed E-state index contributed by atoms with van der Waals surface area (Å²) in [4.78, 5) is 14.0. The van der Waals surface area contributed by atoms with Crippen molar-refractivity contribution in [1.29, 1.82) is 0 Å². The third kappa shape index (κ3) is 3.23. The summed E-state index contributed by atoms with van der Waals surface area (Å²) < 4.78 is 0. The Labute approximate surface area is 110 Å². The van der Waals surface area contributed by atoms with Crippen molar-refractivity contribution in [2.24, 2.45) is 0 Å². The Kier molecular flexibility index (Phi) is 4.62. The monoisotopic (exact) mass is 254 g/mol. The van der Waals surface area contributed by atoms with E-state index in [4.69, 9.17) is 0 Å². The van der Waals surface area contributed by atoms with Gasteiger partial charge in [-0.25, -0.2) is 0 Å². The van der Waals surface area contributed by atoms with E-state index in [2.05, 4.69) is 5.32 Å². The van der Waals surface area contributed by atoms with Gasteiger partial charge in [0.15, 0.2) is 0 Å². The van der Waals surface area contributed by atoms with E-state index in [9.17, 15) is 9.90 Å². The van der Waals surface area contributed by atoms with Crippen molar-refractivity contribution in [1.82, 2.24) is 10.2 Å². The van der Waals surface area contributed by atoms with Gasteiger partial charge >= 0.3 is 0 Å². The molecule has 1 aliphatic heterocycles. The van der Waals surface area contributed by atoms with E-state index >= 15 is 0 Å². The zero-order chi connectivity index (χ0) is 13.0. The van der Waals surface area contributed by atoms with Crippen LogP contribution in [0.1, 0.15) is 51.9 Å². The number of hydrogen-bond acceptors (Lipinski definition) is 3. The van der Waals surface area contributed by atoms with Crippen molar-refractivity contribution >= 4 is 5.91 Å². The SMILES string of the molecule is CCNC1CCN(CC2(O)CCCCCC2)C1=O. The lowest BCUT2D eigenvalue weighted by atomic mass is 9.94. The number of hydrogen-bond donors (Lipinski definition) is 2. The minimum absolute atomic E-state index is 0.0237. The van der Waals surface area contributed by atoms with Gasteiger partial charge in [0.2, 0.25) is 5.91 Å². The van der Waals surface area contributed by atoms with Crippen LogP contribution in [0, 0.1) is 0 Å². The molecule has 1 saturated carbocycles. The van der Waals surface area contributed by atoms with E-state index in [0.717, 1.165) is 45.2 Å². The molecule has 1 saturated heterocycles. The lowest BCUT2D eigenvalue weighted by Crippen LogP contribution is -2.46. The highest BCUT2D eigenvalue weighted by atomic mass is 16.3. The lowest BCUT2D eigenvalue weighted by molar-refractivity contribution is -0.133. The van der Waals surface area contributed by atoms with Gasteiger partial charge in [0.1, 0.15) is 0 Å². The van der Waals surface area contributed by atoms with Crippen LogP contribution in [0.3, 0.4) is 0 Å². The maximum atomic E-state index is 12.1. The Hall–Kier alpha value is -0.610. The summed E-state index contributed by atoms with van der Waals surface area (Å²) in [5.41, 5.74) is -0.632. The molecule has 0 spiro atoms. The Morgan fingerprint density at radius 3 is 2.61 bits per heavy atom. The molecule has 1 unspecified atom stereocenters. The molecule has 0 aromatic heterocycles. The Bertz CT molecular complexity index is 286. The third-order valence-corrected chi connectivity index (χ3v) is 4.27. The van der Waals surface area contributed by atoms with Crippen LogP contribution in [-0.2, 0) is 4.79 Å². The number of amides is 1. The Morgan fingerprint density at radius 1 is 1.33 bits per heavy atom. The Morgan fingerprint density at radius 2 is 2.00 bits per heavy atom. The van der Waals surface area contributed by atoms with Crippen LogP contribution in [0.15, 0.2) is 0 Å². The van der Waals surface area contributed by atoms with Crippen LogP contribution >= 0.6 is 0 Å². The van der Waals surface area contributed by atoms with Crippen LogP contribution in [0.4, 0.5) is 0 Å². The molecule has 0 aromatic rings. The molecule has 4 heteroatoms. The maximum absolute atomic E-state index is 12.1. The molecule has 2 aliphatic rings. The van der Waals surface area contributed by atoms with Crippen molar-refractivity contribution in [3.63, 3.8) is 0 Å². The third-order valence-electron chi connectivity index (χ3n) is 4.27. The Balaban J connectivity index is 1.90. The summed E-state index contributed by atoms with van der Waals surface area (Å²) in [5, 5.41) is 13.8. The molecule has 1 heterocycles. The van der Waals surface area contributed by atoms with Gasteiger partial charge in [0, 0.05) is 13.1 Å². The first-order chi connectivity index (χ1) is 8.64. The minimum Gasteiger partial charge on any atom is -0.388 e. The molecule has 0 radical (unpaired) electrons. The summed E-state index contributed by atoms with van der Waals surface area (Å²) in [5.74, 6) is 0.175. The first-order valence-corrected chi connectivity index (χ1v) is 7.39. The van der Waals surface area contributed by atoms with Gasteiger partial charge in [-0.3, -0.25) is 4.79 Å². The van der Waals surface area contributed by atoms with E-state index in [1.807, 2.05) is 11.8 Å². The van der Waals surface area contributed by atoms with Crippen LogP contribution in [-0.4, -0.2) is 47.2 Å². The highest BCUT2D eigenvalue weighted by Crippen LogP contribution is 2.29. The second-order valence-electron chi connectivity index (χ2n) is 5.80. The molecule has 4 nitrogen and oxygen atoms in total. The summed E-state index contributed by atoms with van der Waals surface area (Å²) >= 11 is 0. The van der Waals surface area contributed by atoms with E-state index in [1.54, 1.807) is 0 Å². The fraction of sp³-hybridized carbons (Fsp3) is 0.929. The van der Waals surface area contributed by atoms with E-state index in [-0.39, 0.29) is 11.9 Å². The maximum Gasteiger partial charge on any atom is 0.239 e. The van der Waals surface area contributed by atoms with Crippen molar-refractivity contribution < 1.29 is 9.90 Å². The molecule has 18 heavy (non-hydrogen) atoms. The van der Waals surface area contributed by atoms with Gasteiger partial charge in [-0.2, -0.15) is 0 Å². The molecular formula is C14H26N2O2. The predicted octanol–water partition coefficient (Wildman–Crippen LogP) is 1.28. The molecule has 2 fully saturated rings. The average molecular weight is 254 g/mol. The number of rotatable bonds is 4. The predicted molar refractivity (Wildman–Crippen MR) is 71.3 cm³/mol. The number of carbonyl (C=O) groups is 1. The molecule has 0 aromatic carbocycles. The van der Waals surface area contributed by atoms with Gasteiger partial charge in [-0.15, -0.1) is 0 Å². The largest absolute Gasteiger partial charge is 0.388 e. The number of nitrogens with zero attached hydrogens (tertiary/aromatic N) is 1. The first-order valence-electron chi connectivity index (χ1n) is 7.39. The fourth-order valence-electron chi connectivity index (χ4n) is 3.23. The first kappa shape index (κ1) is 13.8. The molecule has 2 N–H and O–H groups in total. The number of β-amino-alcohol motifs (C(OH)–C–C–N with tert-alkyl or cyclic N) is 1. The van der Waals surface area contributed by atoms with Crippen molar-refractivity contribution in [2.75, 3.05) is 19.6 Å². The zero-order valence-corrected chi connectivity index (χ0v) is 11.5. The van der Waals surface area contributed by atoms with Gasteiger partial charge in [0.25, 0.3) is 0 Å². The standard InChI is InChI=1S/C14H26N2O2/c1-2-15-12-7-10-16(13(12)17)11-14(18)8-5-3-4-6-9-14/h12,15,18H,2-11H2,1H3. The van der Waals surface area contributed by atoms with Crippen LogP contribution in [0.25, 0.3) is 0 Å². The summed E-state index contributed by atoms with van der Waals surface area (Å²) in [6.07, 6.45) is 7.20. The van der Waals surface area contributed by atoms with E-state index in [0.29, 0.717) is 6.54 Å². The van der Waals surface area contributed by atoms with Gasteiger partial charge in [-0.1, -0.05) is 32.6 Å². The topological polar surface area (TPSA) is 52.6 Å². The van der Waals surface area contributed by atoms with Crippen LogP contribution in [0.2, 0.25) is 0 Å². The van der Waals surface area contributed by atoms with Gasteiger partial charge in [0.05, 0.1) is 11.6 Å². The second-order valence-corrected chi connectivity index (χ2v) is 5.80. The summed E-state index contributed by atoms with van der Waals surface area (Å²) in [6, 6.07) is -0.0237. The van der Waals surface area contributed by atoms with Crippen molar-refractivity contribution in [3.05, 3.63) is 0 Å². The lowest BCUT2D eigenvalue weighted by Gasteiger charge is -2.31. The number of carbonyl (C=O) groups excluding carboxylic acids is 1. The summed E-state index contributed by atoms with van der Waals surface area (Å²) in [6.45, 7) is 4.18. The van der Waals surface area contributed by atoms with E-state index < -0.39 is 5.60 Å². The molecule has 104 valence electrons. The second kappa shape index (κ2) is 6.02. The molecular weight excluding hydrogens is 228 g/mol. The number of aliphatic hydroxyl groups is 1. The van der Waals surface area contributed by atoms with Crippen molar-refractivity contribution in [3.8, 4) is 0 Å².